The molecule has 1 aliphatic heterocycles. The number of aliphatic carboxylic acids is 1. The number of thiophene rings is 1. The highest BCUT2D eigenvalue weighted by Gasteiger charge is 2.38. The van der Waals surface area contributed by atoms with Gasteiger partial charge in [0.05, 0.1) is 12.1 Å². The molecule has 2 aromatic heterocycles. The Balaban J connectivity index is 0.000000493. The van der Waals surface area contributed by atoms with Gasteiger partial charge in [-0.1, -0.05) is 6.07 Å². The van der Waals surface area contributed by atoms with Crippen molar-refractivity contribution in [1.82, 2.24) is 20.8 Å². The molecule has 216 valence electrons. The predicted octanol–water partition coefficient (Wildman–Crippen LogP) is 4.24. The molecule has 1 atom stereocenters. The Hall–Kier alpha value is -4.43. The van der Waals surface area contributed by atoms with Crippen LogP contribution in [-0.2, 0) is 11.3 Å². The number of piperazine rings is 1. The first-order valence-corrected chi connectivity index (χ1v) is 13.4. The lowest BCUT2D eigenvalue weighted by Crippen LogP contribution is -2.49. The summed E-state index contributed by atoms with van der Waals surface area (Å²) in [6.45, 7) is 5.48. The summed E-state index contributed by atoms with van der Waals surface area (Å²) in [6, 6.07) is 17.3. The first-order valence-electron chi connectivity index (χ1n) is 12.5. The van der Waals surface area contributed by atoms with E-state index in [9.17, 15) is 22.8 Å². The van der Waals surface area contributed by atoms with Crippen LogP contribution in [0.4, 0.5) is 24.7 Å². The minimum Gasteiger partial charge on any atom is -0.475 e. The van der Waals surface area contributed by atoms with Gasteiger partial charge in [-0.3, -0.25) is 14.7 Å². The summed E-state index contributed by atoms with van der Waals surface area (Å²) in [4.78, 5) is 37.8. The Morgan fingerprint density at radius 3 is 2.44 bits per heavy atom. The molecule has 5 rings (SSSR count). The maximum Gasteiger partial charge on any atom is 0.490 e. The monoisotopic (exact) mass is 588 g/mol. The molecule has 0 radical (unpaired) electrons. The molecule has 1 aliphatic rings. The maximum absolute atomic E-state index is 12.9. The van der Waals surface area contributed by atoms with E-state index in [1.54, 1.807) is 29.5 Å². The van der Waals surface area contributed by atoms with Crippen molar-refractivity contribution >= 4 is 51.5 Å². The highest BCUT2D eigenvalue weighted by molar-refractivity contribution is 7.09. The van der Waals surface area contributed by atoms with Gasteiger partial charge in [-0.15, -0.1) is 11.3 Å². The Morgan fingerprint density at radius 2 is 1.80 bits per heavy atom. The second-order valence-corrected chi connectivity index (χ2v) is 10.2. The number of carbonyl (C=O) groups excluding carboxylic acids is 2. The van der Waals surface area contributed by atoms with Gasteiger partial charge in [0.25, 0.3) is 11.8 Å². The number of aromatic nitrogens is 2. The molecule has 3 heterocycles. The van der Waals surface area contributed by atoms with Gasteiger partial charge in [0, 0.05) is 52.8 Å². The molecule has 4 aromatic rings. The molecule has 0 aliphatic carbocycles. The number of rotatable bonds is 6. The van der Waals surface area contributed by atoms with Crippen molar-refractivity contribution in [2.45, 2.75) is 25.7 Å². The van der Waals surface area contributed by atoms with E-state index in [4.69, 9.17) is 9.90 Å². The van der Waals surface area contributed by atoms with E-state index in [-0.39, 0.29) is 11.8 Å². The first kappa shape index (κ1) is 29.6. The molecule has 2 aromatic carbocycles. The van der Waals surface area contributed by atoms with E-state index in [1.165, 1.54) is 0 Å². The summed E-state index contributed by atoms with van der Waals surface area (Å²) < 4.78 is 31.7. The number of carboxylic acids is 1. The third kappa shape index (κ3) is 7.83. The third-order valence-electron chi connectivity index (χ3n) is 6.17. The Bertz CT molecular complexity index is 1510. The number of anilines is 2. The molecule has 2 amide bonds. The molecule has 14 heteroatoms. The van der Waals surface area contributed by atoms with Gasteiger partial charge in [0.1, 0.15) is 0 Å². The number of alkyl halides is 3. The molecule has 1 unspecified atom stereocenters. The van der Waals surface area contributed by atoms with Crippen LogP contribution < -0.4 is 20.9 Å². The van der Waals surface area contributed by atoms with E-state index in [0.717, 1.165) is 35.7 Å². The van der Waals surface area contributed by atoms with Gasteiger partial charge in [0.15, 0.2) is 5.82 Å². The Morgan fingerprint density at radius 1 is 1.10 bits per heavy atom. The lowest BCUT2D eigenvalue weighted by Gasteiger charge is -2.33. The quantitative estimate of drug-likeness (QED) is 0.227. The minimum atomic E-state index is -5.08. The smallest absolute Gasteiger partial charge is 0.475 e. The summed E-state index contributed by atoms with van der Waals surface area (Å²) >= 11 is 1.60. The van der Waals surface area contributed by atoms with Crippen molar-refractivity contribution in [3.05, 3.63) is 76.0 Å². The number of amides is 2. The summed E-state index contributed by atoms with van der Waals surface area (Å²) in [5.41, 5.74) is 2.91. The summed E-state index contributed by atoms with van der Waals surface area (Å²) in [6.07, 6.45) is -5.08. The largest absolute Gasteiger partial charge is 0.490 e. The topological polar surface area (TPSA) is 139 Å². The molecule has 1 fully saturated rings. The summed E-state index contributed by atoms with van der Waals surface area (Å²) in [5, 5.41) is 26.2. The van der Waals surface area contributed by atoms with Crippen molar-refractivity contribution < 1.29 is 32.7 Å². The zero-order valence-electron chi connectivity index (χ0n) is 21.8. The number of hydrogen-bond donors (Lipinski definition) is 5. The number of H-pyrrole nitrogens is 1. The fourth-order valence-electron chi connectivity index (χ4n) is 4.10. The summed E-state index contributed by atoms with van der Waals surface area (Å²) in [7, 11) is 0. The lowest BCUT2D eigenvalue weighted by molar-refractivity contribution is -0.192. The highest BCUT2D eigenvalue weighted by atomic mass is 32.1. The number of halogens is 3. The second kappa shape index (κ2) is 12.8. The van der Waals surface area contributed by atoms with Crippen molar-refractivity contribution in [3.63, 3.8) is 0 Å². The van der Waals surface area contributed by atoms with Crippen LogP contribution in [0, 0.1) is 0 Å². The van der Waals surface area contributed by atoms with Crippen LogP contribution in [0.15, 0.2) is 60.0 Å². The highest BCUT2D eigenvalue weighted by Crippen LogP contribution is 2.23. The maximum atomic E-state index is 12.9. The first-order chi connectivity index (χ1) is 19.5. The van der Waals surface area contributed by atoms with Gasteiger partial charge in [-0.25, -0.2) is 4.79 Å². The normalized spacial score (nSPS) is 15.1. The number of hydrogen-bond acceptors (Lipinski definition) is 7. The molecule has 0 saturated carbocycles. The van der Waals surface area contributed by atoms with Gasteiger partial charge in [-0.2, -0.15) is 18.3 Å². The zero-order chi connectivity index (χ0) is 29.6. The molecule has 0 spiro atoms. The second-order valence-electron chi connectivity index (χ2n) is 9.20. The molecule has 5 N–H and O–H groups in total. The SMILES string of the molecule is CC1CN(c2ccc(C(=O)Nc3n[nH]c4ccc(C(=O)NCc5cccs5)cc34)cc2)CCN1.O=C(O)C(F)(F)F. The number of carboxylic acid groups (broad SMARTS) is 1. The lowest BCUT2D eigenvalue weighted by atomic mass is 10.1. The molecule has 10 nitrogen and oxygen atoms in total. The summed E-state index contributed by atoms with van der Waals surface area (Å²) in [5.74, 6) is -2.78. The van der Waals surface area contributed by atoms with Crippen LogP contribution >= 0.6 is 11.3 Å². The standard InChI is InChI=1S/C25H26N6O2S.C2HF3O2/c1-16-15-31(11-10-26-16)19-7-4-17(5-8-19)25(33)28-23-21-13-18(6-9-22(21)29-30-23)24(32)27-14-20-3-2-12-34-20;3-2(4,5)1(6)7/h2-9,12-13,16,26H,10-11,14-15H2,1H3,(H,27,32)(H2,28,29,30,33);(H,6,7). The van der Waals surface area contributed by atoms with Crippen LogP contribution in [0.2, 0.25) is 0 Å². The third-order valence-corrected chi connectivity index (χ3v) is 7.04. The fourth-order valence-corrected chi connectivity index (χ4v) is 4.75. The van der Waals surface area contributed by atoms with Crippen LogP contribution in [0.5, 0.6) is 0 Å². The number of carbonyl (C=O) groups is 3. The molecule has 0 bridgehead atoms. The van der Waals surface area contributed by atoms with Crippen LogP contribution in [-0.4, -0.2) is 64.9 Å². The van der Waals surface area contributed by atoms with Crippen molar-refractivity contribution in [1.29, 1.82) is 0 Å². The average Bonchev–Trinajstić information content (AvgIpc) is 3.61. The number of aromatic amines is 1. The van der Waals surface area contributed by atoms with Gasteiger partial charge >= 0.3 is 12.1 Å². The van der Waals surface area contributed by atoms with Gasteiger partial charge in [0.2, 0.25) is 0 Å². The number of nitrogens with zero attached hydrogens (tertiary/aromatic N) is 2. The van der Waals surface area contributed by atoms with Crippen molar-refractivity contribution in [3.8, 4) is 0 Å². The Kier molecular flexibility index (Phi) is 9.24. The average molecular weight is 589 g/mol. The van der Waals surface area contributed by atoms with E-state index in [2.05, 4.69) is 38.0 Å². The molecular formula is C27H27F3N6O4S. The van der Waals surface area contributed by atoms with E-state index >= 15 is 0 Å². The van der Waals surface area contributed by atoms with E-state index in [0.29, 0.717) is 34.9 Å². The number of fused-ring (bicyclic) bond motifs is 1. The predicted molar refractivity (Wildman–Crippen MR) is 149 cm³/mol. The number of nitrogens with one attached hydrogen (secondary N) is 4. The molecule has 41 heavy (non-hydrogen) atoms. The van der Waals surface area contributed by atoms with Crippen LogP contribution in [0.25, 0.3) is 10.9 Å². The number of benzene rings is 2. The molecule has 1 saturated heterocycles. The van der Waals surface area contributed by atoms with Crippen LogP contribution in [0.1, 0.15) is 32.5 Å². The zero-order valence-corrected chi connectivity index (χ0v) is 22.6. The van der Waals surface area contributed by atoms with Crippen molar-refractivity contribution in [2.24, 2.45) is 0 Å². The van der Waals surface area contributed by atoms with Crippen LogP contribution in [0.3, 0.4) is 0 Å². The Labute approximate surface area is 236 Å². The van der Waals surface area contributed by atoms with Gasteiger partial charge < -0.3 is 26.0 Å². The molecular weight excluding hydrogens is 561 g/mol. The van der Waals surface area contributed by atoms with Gasteiger partial charge in [-0.05, 0) is 60.8 Å². The fraction of sp³-hybridized carbons (Fsp3) is 0.259. The van der Waals surface area contributed by atoms with E-state index in [1.807, 2.05) is 41.8 Å². The minimum absolute atomic E-state index is 0.174. The van der Waals surface area contributed by atoms with Crippen molar-refractivity contribution in [2.75, 3.05) is 29.9 Å². The van der Waals surface area contributed by atoms with E-state index < -0.39 is 12.1 Å².